The number of hydrogen-bond donors (Lipinski definition) is 3. The first-order valence-corrected chi connectivity index (χ1v) is 16.7. The van der Waals surface area contributed by atoms with E-state index < -0.39 is 30.9 Å². The number of nitrogens with zero attached hydrogens (tertiary/aromatic N) is 1. The Morgan fingerprint density at radius 1 is 0.644 bits per heavy atom. The van der Waals surface area contributed by atoms with Crippen LogP contribution in [0.1, 0.15) is 126 Å². The largest absolute Gasteiger partial charge is 0.508 e. The third-order valence-corrected chi connectivity index (χ3v) is 7.72. The Bertz CT molecular complexity index is 1120. The van der Waals surface area contributed by atoms with Gasteiger partial charge in [0.2, 0.25) is 0 Å². The van der Waals surface area contributed by atoms with Crippen molar-refractivity contribution in [3.05, 3.63) is 53.6 Å². The molecule has 0 heterocycles. The number of phenolic OH excluding ortho intramolecular Hbond substituents is 1. The molecule has 0 aliphatic heterocycles. The molecule has 0 spiro atoms. The summed E-state index contributed by atoms with van der Waals surface area (Å²) >= 11 is 0. The molecule has 9 heteroatoms. The van der Waals surface area contributed by atoms with E-state index in [0.29, 0.717) is 12.4 Å². The van der Waals surface area contributed by atoms with Crippen molar-refractivity contribution in [1.82, 2.24) is 4.90 Å². The molecule has 45 heavy (non-hydrogen) atoms. The molecule has 1 amide bonds. The van der Waals surface area contributed by atoms with Crippen LogP contribution in [0.4, 0.5) is 0 Å². The topological polar surface area (TPSA) is 134 Å². The average molecular weight is 628 g/mol. The number of aliphatic carboxylic acids is 2. The third kappa shape index (κ3) is 16.2. The van der Waals surface area contributed by atoms with Crippen molar-refractivity contribution in [2.75, 3.05) is 19.7 Å². The van der Waals surface area contributed by atoms with Crippen molar-refractivity contribution in [3.8, 4) is 17.2 Å². The Kier molecular flexibility index (Phi) is 18.9. The van der Waals surface area contributed by atoms with Gasteiger partial charge in [-0.15, -0.1) is 0 Å². The van der Waals surface area contributed by atoms with Crippen LogP contribution in [0.3, 0.4) is 0 Å². The number of carbonyl (C=O) groups is 3. The molecule has 0 saturated heterocycles. The molecule has 2 aromatic rings. The normalized spacial score (nSPS) is 10.9. The van der Waals surface area contributed by atoms with E-state index in [4.69, 9.17) is 9.47 Å². The molecule has 0 fully saturated rings. The van der Waals surface area contributed by atoms with Crippen LogP contribution in [0.2, 0.25) is 0 Å². The van der Waals surface area contributed by atoms with Crippen LogP contribution in [0.5, 0.6) is 17.2 Å². The van der Waals surface area contributed by atoms with Crippen LogP contribution < -0.4 is 9.47 Å². The van der Waals surface area contributed by atoms with Crippen LogP contribution >= 0.6 is 0 Å². The summed E-state index contributed by atoms with van der Waals surface area (Å²) in [6, 6.07) is 11.1. The number of carbonyl (C=O) groups excluding carboxylic acids is 1. The number of para-hydroxylation sites is 1. The summed E-state index contributed by atoms with van der Waals surface area (Å²) in [5.74, 6) is -2.89. The van der Waals surface area contributed by atoms with Gasteiger partial charge in [-0.1, -0.05) is 121 Å². The van der Waals surface area contributed by atoms with E-state index in [1.54, 1.807) is 24.3 Å². The maximum atomic E-state index is 13.3. The second kappa shape index (κ2) is 22.7. The number of unbranched alkanes of at least 4 members (excludes halogenated alkanes) is 15. The van der Waals surface area contributed by atoms with Crippen molar-refractivity contribution >= 4 is 17.8 Å². The molecule has 2 rings (SSSR count). The number of carboxylic acids is 2. The highest BCUT2D eigenvalue weighted by Gasteiger charge is 2.26. The van der Waals surface area contributed by atoms with Gasteiger partial charge in [-0.25, -0.2) is 0 Å². The lowest BCUT2D eigenvalue weighted by Crippen LogP contribution is -2.39. The highest BCUT2D eigenvalue weighted by molar-refractivity contribution is 6.00. The van der Waals surface area contributed by atoms with Gasteiger partial charge < -0.3 is 29.7 Å². The van der Waals surface area contributed by atoms with E-state index in [-0.39, 0.29) is 23.7 Å². The smallest absolute Gasteiger partial charge is 0.323 e. The minimum Gasteiger partial charge on any atom is -0.508 e. The number of benzene rings is 2. The summed E-state index contributed by atoms with van der Waals surface area (Å²) in [5.41, 5.74) is 0.743. The second-order valence-corrected chi connectivity index (χ2v) is 11.7. The predicted molar refractivity (Wildman–Crippen MR) is 175 cm³/mol. The summed E-state index contributed by atoms with van der Waals surface area (Å²) in [5, 5.41) is 28.1. The van der Waals surface area contributed by atoms with Gasteiger partial charge in [-0.2, -0.15) is 0 Å². The van der Waals surface area contributed by atoms with Crippen molar-refractivity contribution in [2.45, 2.75) is 116 Å². The van der Waals surface area contributed by atoms with E-state index in [2.05, 4.69) is 6.92 Å². The van der Waals surface area contributed by atoms with E-state index in [1.165, 1.54) is 102 Å². The Morgan fingerprint density at radius 3 is 1.62 bits per heavy atom. The zero-order valence-electron chi connectivity index (χ0n) is 27.0. The molecule has 250 valence electrons. The quantitative estimate of drug-likeness (QED) is 0.0889. The van der Waals surface area contributed by atoms with Crippen LogP contribution in [0.15, 0.2) is 42.5 Å². The molecule has 0 aliphatic carbocycles. The first kappa shape index (κ1) is 37.4. The fraction of sp³-hybridized carbons (Fsp3) is 0.583. The number of phenols is 1. The fourth-order valence-electron chi connectivity index (χ4n) is 5.22. The number of ether oxygens (including phenoxy) is 2. The molecule has 3 N–H and O–H groups in total. The monoisotopic (exact) mass is 627 g/mol. The molecular weight excluding hydrogens is 574 g/mol. The summed E-state index contributed by atoms with van der Waals surface area (Å²) < 4.78 is 12.0. The van der Waals surface area contributed by atoms with E-state index in [0.717, 1.165) is 29.7 Å². The molecule has 0 radical (unpaired) electrons. The molecule has 0 atom stereocenters. The van der Waals surface area contributed by atoms with Crippen molar-refractivity contribution < 1.29 is 39.2 Å². The molecule has 0 aromatic heterocycles. The lowest BCUT2D eigenvalue weighted by Gasteiger charge is -2.22. The van der Waals surface area contributed by atoms with Gasteiger partial charge in [0, 0.05) is 0 Å². The van der Waals surface area contributed by atoms with Gasteiger partial charge in [-0.3, -0.25) is 14.4 Å². The molecule has 0 unspecified atom stereocenters. The Hall–Kier alpha value is -3.75. The van der Waals surface area contributed by atoms with Gasteiger partial charge in [0.1, 0.15) is 25.4 Å². The maximum Gasteiger partial charge on any atom is 0.323 e. The Labute approximate surface area is 268 Å². The predicted octanol–water partition coefficient (Wildman–Crippen LogP) is 8.22. The molecule has 9 nitrogen and oxygen atoms in total. The molecule has 0 saturated carbocycles. The van der Waals surface area contributed by atoms with Gasteiger partial charge in [0.05, 0.1) is 12.2 Å². The van der Waals surface area contributed by atoms with Gasteiger partial charge in [0.25, 0.3) is 5.91 Å². The van der Waals surface area contributed by atoms with Crippen LogP contribution in [0.25, 0.3) is 0 Å². The standard InChI is InChI=1S/C36H53NO8/c1-2-3-4-5-6-7-8-9-10-11-12-13-14-15-16-17-25-44-32-20-18-19-31(36(43)37(26-33(39)40)27-34(41)42)35(32)45-28-29-21-23-30(38)24-22-29/h18-24,38H,2-17,25-28H2,1H3,(H,39,40)(H,41,42). The minimum absolute atomic E-state index is 0.0146. The first-order chi connectivity index (χ1) is 21.8. The minimum atomic E-state index is -1.33. The molecule has 0 bridgehead atoms. The third-order valence-electron chi connectivity index (χ3n) is 7.72. The lowest BCUT2D eigenvalue weighted by atomic mass is 10.0. The summed E-state index contributed by atoms with van der Waals surface area (Å²) in [6.45, 7) is 1.18. The number of carboxylic acid groups (broad SMARTS) is 2. The lowest BCUT2D eigenvalue weighted by molar-refractivity contribution is -0.140. The Balaban J connectivity index is 1.83. The highest BCUT2D eigenvalue weighted by Crippen LogP contribution is 2.33. The molecule has 0 aliphatic rings. The van der Waals surface area contributed by atoms with Gasteiger partial charge in [-0.05, 0) is 36.2 Å². The fourth-order valence-corrected chi connectivity index (χ4v) is 5.22. The summed E-state index contributed by atoms with van der Waals surface area (Å²) in [7, 11) is 0. The van der Waals surface area contributed by atoms with E-state index >= 15 is 0 Å². The first-order valence-electron chi connectivity index (χ1n) is 16.7. The SMILES string of the molecule is CCCCCCCCCCCCCCCCCCOc1cccc(C(=O)N(CC(=O)O)CC(=O)O)c1OCc1ccc(O)cc1. The number of hydrogen-bond acceptors (Lipinski definition) is 6. The summed E-state index contributed by atoms with van der Waals surface area (Å²) in [4.78, 5) is 36.7. The molecule has 2 aromatic carbocycles. The highest BCUT2D eigenvalue weighted by atomic mass is 16.5. The van der Waals surface area contributed by atoms with E-state index in [9.17, 15) is 29.7 Å². The summed E-state index contributed by atoms with van der Waals surface area (Å²) in [6.07, 6.45) is 20.3. The second-order valence-electron chi connectivity index (χ2n) is 11.7. The maximum absolute atomic E-state index is 13.3. The Morgan fingerprint density at radius 2 is 1.13 bits per heavy atom. The van der Waals surface area contributed by atoms with Crippen molar-refractivity contribution in [1.29, 1.82) is 0 Å². The number of amides is 1. The van der Waals surface area contributed by atoms with Gasteiger partial charge >= 0.3 is 11.9 Å². The molecular formula is C36H53NO8. The van der Waals surface area contributed by atoms with Crippen LogP contribution in [-0.4, -0.2) is 57.8 Å². The van der Waals surface area contributed by atoms with Crippen molar-refractivity contribution in [2.24, 2.45) is 0 Å². The van der Waals surface area contributed by atoms with E-state index in [1.807, 2.05) is 0 Å². The van der Waals surface area contributed by atoms with Crippen molar-refractivity contribution in [3.63, 3.8) is 0 Å². The number of rotatable bonds is 26. The zero-order chi connectivity index (χ0) is 32.7. The average Bonchev–Trinajstić information content (AvgIpc) is 3.01. The zero-order valence-corrected chi connectivity index (χ0v) is 27.0. The van der Waals surface area contributed by atoms with Gasteiger partial charge in [0.15, 0.2) is 11.5 Å². The van der Waals surface area contributed by atoms with Crippen LogP contribution in [-0.2, 0) is 16.2 Å². The van der Waals surface area contributed by atoms with Crippen LogP contribution in [0, 0.1) is 0 Å². The number of aromatic hydroxyl groups is 1.